The molecule has 0 rings (SSSR count). The summed E-state index contributed by atoms with van der Waals surface area (Å²) < 4.78 is 28.2. The minimum Gasteiger partial charge on any atom is -0.375 e. The zero-order valence-electron chi connectivity index (χ0n) is 16.6. The Labute approximate surface area is 165 Å². The van der Waals surface area contributed by atoms with E-state index in [4.69, 9.17) is 30.7 Å². The lowest BCUT2D eigenvalue weighted by Crippen LogP contribution is -2.39. The molecule has 0 heterocycles. The van der Waals surface area contributed by atoms with Crippen LogP contribution in [0, 0.1) is 17.8 Å². The van der Waals surface area contributed by atoms with E-state index in [0.29, 0.717) is 12.8 Å². The Balaban J connectivity index is 4.63. The third-order valence-electron chi connectivity index (χ3n) is 4.27. The van der Waals surface area contributed by atoms with Gasteiger partial charge in [-0.3, -0.25) is 13.9 Å². The number of terminal acetylenes is 1. The number of aliphatic hydroxyl groups is 1. The molecule has 0 aromatic carbocycles. The van der Waals surface area contributed by atoms with E-state index in [9.17, 15) is 19.0 Å². The first-order valence-electron chi connectivity index (χ1n) is 8.59. The smallest absolute Gasteiger partial charge is 0.369 e. The molecule has 12 heteroatoms. The summed E-state index contributed by atoms with van der Waals surface area (Å²) in [4.78, 5) is 48.6. The van der Waals surface area contributed by atoms with E-state index in [1.165, 1.54) is 0 Å². The molecule has 0 aromatic heterocycles. The molecular formula is C16H31NO9P2. The highest BCUT2D eigenvalue weighted by Crippen LogP contribution is 2.69. The highest BCUT2D eigenvalue weighted by molar-refractivity contribution is 7.72. The zero-order chi connectivity index (χ0) is 22.4. The summed E-state index contributed by atoms with van der Waals surface area (Å²) >= 11 is 0. The van der Waals surface area contributed by atoms with E-state index in [1.54, 1.807) is 13.8 Å². The largest absolute Gasteiger partial charge is 0.375 e. The van der Waals surface area contributed by atoms with Gasteiger partial charge in [0, 0.05) is 31.4 Å². The fourth-order valence-corrected chi connectivity index (χ4v) is 4.48. The Morgan fingerprint density at radius 3 is 2.00 bits per heavy atom. The minimum absolute atomic E-state index is 0.131. The van der Waals surface area contributed by atoms with Gasteiger partial charge in [0.1, 0.15) is 0 Å². The SMILES string of the molecule is C#CCC(C)(C)OCCC(C)(C)C(=O)NCCCC(O)(P(=O)(O)O)P(=O)(O)O. The Bertz CT molecular complexity index is 650. The Kier molecular flexibility index (Phi) is 9.57. The van der Waals surface area contributed by atoms with Crippen molar-refractivity contribution in [3.8, 4) is 12.3 Å². The number of nitrogens with one attached hydrogen (secondary N) is 1. The van der Waals surface area contributed by atoms with Crippen LogP contribution in [0.2, 0.25) is 0 Å². The molecule has 0 saturated heterocycles. The van der Waals surface area contributed by atoms with E-state index >= 15 is 0 Å². The number of carbonyl (C=O) groups excluding carboxylic acids is 1. The summed E-state index contributed by atoms with van der Waals surface area (Å²) in [7, 11) is -11.0. The van der Waals surface area contributed by atoms with Gasteiger partial charge in [-0.05, 0) is 26.7 Å². The van der Waals surface area contributed by atoms with Crippen LogP contribution in [-0.2, 0) is 18.7 Å². The van der Waals surface area contributed by atoms with E-state index in [2.05, 4.69) is 11.2 Å². The monoisotopic (exact) mass is 443 g/mol. The van der Waals surface area contributed by atoms with Gasteiger partial charge < -0.3 is 34.7 Å². The normalized spacial score (nSPS) is 13.9. The molecule has 10 nitrogen and oxygen atoms in total. The molecule has 0 fully saturated rings. The quantitative estimate of drug-likeness (QED) is 0.147. The van der Waals surface area contributed by atoms with E-state index in [0.717, 1.165) is 0 Å². The van der Waals surface area contributed by atoms with Gasteiger partial charge >= 0.3 is 15.2 Å². The molecule has 0 unspecified atom stereocenters. The molecule has 0 bridgehead atoms. The van der Waals surface area contributed by atoms with Gasteiger partial charge in [0.05, 0.1) is 5.60 Å². The molecule has 0 saturated carbocycles. The number of ether oxygens (including phenoxy) is 1. The molecule has 1 amide bonds. The fourth-order valence-electron chi connectivity index (χ4n) is 2.22. The van der Waals surface area contributed by atoms with Crippen LogP contribution in [0.1, 0.15) is 53.4 Å². The molecule has 0 radical (unpaired) electrons. The van der Waals surface area contributed by atoms with Gasteiger partial charge in [-0.2, -0.15) is 0 Å². The highest BCUT2D eigenvalue weighted by Gasteiger charge is 2.58. The summed E-state index contributed by atoms with van der Waals surface area (Å²) in [6.45, 7) is 7.19. The van der Waals surface area contributed by atoms with Crippen LogP contribution in [0.15, 0.2) is 0 Å². The predicted molar refractivity (Wildman–Crippen MR) is 103 cm³/mol. The van der Waals surface area contributed by atoms with Crippen LogP contribution < -0.4 is 5.32 Å². The number of amides is 1. The van der Waals surface area contributed by atoms with Crippen molar-refractivity contribution in [2.45, 2.75) is 64.1 Å². The molecule has 28 heavy (non-hydrogen) atoms. The van der Waals surface area contributed by atoms with Crippen LogP contribution in [0.5, 0.6) is 0 Å². The molecule has 0 spiro atoms. The molecule has 0 aromatic rings. The van der Waals surface area contributed by atoms with Crippen LogP contribution in [0.3, 0.4) is 0 Å². The molecule has 0 aliphatic heterocycles. The third-order valence-corrected chi connectivity index (χ3v) is 8.15. The van der Waals surface area contributed by atoms with Gasteiger partial charge in [0.2, 0.25) is 5.91 Å². The van der Waals surface area contributed by atoms with Crippen molar-refractivity contribution in [3.63, 3.8) is 0 Å². The first-order chi connectivity index (χ1) is 12.4. The summed E-state index contributed by atoms with van der Waals surface area (Å²) in [5, 5.41) is 8.83. The maximum atomic E-state index is 12.3. The number of hydrogen-bond acceptors (Lipinski definition) is 5. The fraction of sp³-hybridized carbons (Fsp3) is 0.812. The average molecular weight is 443 g/mol. The van der Waals surface area contributed by atoms with E-state index < -0.39 is 37.7 Å². The van der Waals surface area contributed by atoms with Crippen molar-refractivity contribution >= 4 is 21.1 Å². The van der Waals surface area contributed by atoms with Crippen molar-refractivity contribution < 1.29 is 43.3 Å². The van der Waals surface area contributed by atoms with Crippen LogP contribution in [0.25, 0.3) is 0 Å². The topological polar surface area (TPSA) is 174 Å². The molecule has 0 aliphatic rings. The van der Waals surface area contributed by atoms with Crippen molar-refractivity contribution in [2.24, 2.45) is 5.41 Å². The zero-order valence-corrected chi connectivity index (χ0v) is 18.4. The Hall–Kier alpha value is -0.750. The van der Waals surface area contributed by atoms with Crippen molar-refractivity contribution in [2.75, 3.05) is 13.2 Å². The summed E-state index contributed by atoms with van der Waals surface area (Å²) in [5.74, 6) is 2.14. The second-order valence-electron chi connectivity index (χ2n) is 7.84. The second kappa shape index (κ2) is 9.84. The lowest BCUT2D eigenvalue weighted by Gasteiger charge is -2.30. The van der Waals surface area contributed by atoms with Crippen molar-refractivity contribution in [1.29, 1.82) is 0 Å². The van der Waals surface area contributed by atoms with Gasteiger partial charge in [-0.1, -0.05) is 13.8 Å². The van der Waals surface area contributed by atoms with Gasteiger partial charge in [-0.25, -0.2) is 0 Å². The van der Waals surface area contributed by atoms with Crippen molar-refractivity contribution in [3.05, 3.63) is 0 Å². The molecule has 6 N–H and O–H groups in total. The molecule has 0 atom stereocenters. The van der Waals surface area contributed by atoms with Crippen LogP contribution >= 0.6 is 15.2 Å². The Morgan fingerprint density at radius 2 is 1.57 bits per heavy atom. The standard InChI is InChI=1S/C16H31NO9P2/c1-6-8-15(4,5)26-12-10-14(2,3)13(18)17-11-7-9-16(19,27(20,21)22)28(23,24)25/h1,19H,7-12H2,2-5H3,(H,17,18)(H2,20,21,22)(H2,23,24,25). The molecule has 164 valence electrons. The van der Waals surface area contributed by atoms with E-state index in [-0.39, 0.29) is 25.5 Å². The van der Waals surface area contributed by atoms with Crippen LogP contribution in [-0.4, -0.2) is 54.4 Å². The summed E-state index contributed by atoms with van der Waals surface area (Å²) in [5.41, 5.74) is -1.34. The van der Waals surface area contributed by atoms with Gasteiger partial charge in [0.25, 0.3) is 5.08 Å². The van der Waals surface area contributed by atoms with Crippen molar-refractivity contribution in [1.82, 2.24) is 5.32 Å². The first-order valence-corrected chi connectivity index (χ1v) is 11.8. The lowest BCUT2D eigenvalue weighted by molar-refractivity contribution is -0.131. The average Bonchev–Trinajstić information content (AvgIpc) is 2.48. The first kappa shape index (κ1) is 27.2. The number of carbonyl (C=O) groups is 1. The highest BCUT2D eigenvalue weighted by atomic mass is 31.2. The Morgan fingerprint density at radius 1 is 1.07 bits per heavy atom. The number of hydrogen-bond donors (Lipinski definition) is 6. The van der Waals surface area contributed by atoms with Gasteiger partial charge in [0.15, 0.2) is 0 Å². The molecule has 0 aliphatic carbocycles. The maximum Gasteiger partial charge on any atom is 0.369 e. The lowest BCUT2D eigenvalue weighted by atomic mass is 9.88. The minimum atomic E-state index is -5.49. The number of rotatable bonds is 12. The third kappa shape index (κ3) is 7.94. The van der Waals surface area contributed by atoms with Gasteiger partial charge in [-0.15, -0.1) is 12.3 Å². The molecular weight excluding hydrogens is 412 g/mol. The predicted octanol–water partition coefficient (Wildman–Crippen LogP) is 1.12. The summed E-state index contributed by atoms with van der Waals surface area (Å²) in [6.07, 6.45) is 4.92. The van der Waals surface area contributed by atoms with Crippen LogP contribution in [0.4, 0.5) is 0 Å². The second-order valence-corrected chi connectivity index (χ2v) is 11.9. The summed E-state index contributed by atoms with van der Waals surface area (Å²) in [6, 6.07) is 0. The maximum absolute atomic E-state index is 12.3. The van der Waals surface area contributed by atoms with E-state index in [1.807, 2.05) is 13.8 Å².